The van der Waals surface area contributed by atoms with E-state index < -0.39 is 0 Å². The number of hydrogen-bond donors (Lipinski definition) is 0. The normalized spacial score (nSPS) is 6.00. The quantitative estimate of drug-likeness (QED) is 0.374. The van der Waals surface area contributed by atoms with E-state index in [9.17, 15) is 0 Å². The van der Waals surface area contributed by atoms with Gasteiger partial charge in [0.05, 0.1) is 0 Å². The minimum atomic E-state index is 0. The maximum Gasteiger partial charge on any atom is 2.00 e. The predicted molar refractivity (Wildman–Crippen MR) is 37.2 cm³/mol. The molecular formula is C6H14F2S. The lowest BCUT2D eigenvalue weighted by Gasteiger charge is -1.86. The topological polar surface area (TPSA) is 0 Å². The van der Waals surface area contributed by atoms with Crippen molar-refractivity contribution in [2.24, 2.45) is 0 Å². The van der Waals surface area contributed by atoms with Crippen molar-refractivity contribution in [3.05, 3.63) is 0 Å². The molecule has 9 heavy (non-hydrogen) atoms. The molecule has 0 spiro atoms. The van der Waals surface area contributed by atoms with Crippen molar-refractivity contribution in [2.75, 3.05) is 0 Å². The van der Waals surface area contributed by atoms with Crippen LogP contribution in [0.25, 0.3) is 0 Å². The Morgan fingerprint density at radius 3 is 1.11 bits per heavy atom. The monoisotopic (exact) mass is 156 g/mol. The summed E-state index contributed by atoms with van der Waals surface area (Å²) in [6.07, 6.45) is 5.54. The highest BCUT2D eigenvalue weighted by molar-refractivity contribution is 7.37. The average Bonchev–Trinajstić information content (AvgIpc) is 1.61. The molecule has 4 radical (unpaired) electrons. The minimum Gasteiger partial charge on any atom is -1.00 e. The molecule has 0 N–H and O–H groups in total. The Labute approximate surface area is 63.2 Å². The lowest BCUT2D eigenvalue weighted by atomic mass is 10.2. The van der Waals surface area contributed by atoms with Crippen molar-refractivity contribution in [1.82, 2.24) is 0 Å². The number of halogens is 2. The summed E-state index contributed by atoms with van der Waals surface area (Å²) in [7, 11) is 0. The molecule has 0 saturated carbocycles. The molecule has 0 unspecified atom stereocenters. The van der Waals surface area contributed by atoms with E-state index in [0.717, 1.165) is 0 Å². The molecule has 0 amide bonds. The van der Waals surface area contributed by atoms with Gasteiger partial charge in [0, 0.05) is 0 Å². The molecule has 0 nitrogen and oxygen atoms in total. The molecule has 58 valence electrons. The summed E-state index contributed by atoms with van der Waals surface area (Å²) in [5.74, 6) is 0. The minimum absolute atomic E-state index is 0. The Bertz CT molecular complexity index is 23.0. The van der Waals surface area contributed by atoms with Crippen LogP contribution in [0.5, 0.6) is 0 Å². The molecule has 0 aliphatic carbocycles. The molecule has 0 rings (SSSR count). The smallest absolute Gasteiger partial charge is 1.00 e. The zero-order valence-corrected chi connectivity index (χ0v) is 6.81. The van der Waals surface area contributed by atoms with Crippen molar-refractivity contribution < 1.29 is 9.41 Å². The second-order valence-corrected chi connectivity index (χ2v) is 1.71. The van der Waals surface area contributed by atoms with Crippen molar-refractivity contribution in [1.29, 1.82) is 0 Å². The van der Waals surface area contributed by atoms with Gasteiger partial charge in [0.25, 0.3) is 0 Å². The standard InChI is InChI=1S/C6H14.2FH.S/c1-3-5-6-4-2;;;/h3-6H2,1-2H3;2*1H;/q;;;+2/p-2. The fourth-order valence-corrected chi connectivity index (χ4v) is 0.500. The van der Waals surface area contributed by atoms with Crippen molar-refractivity contribution in [3.8, 4) is 0 Å². The third kappa shape index (κ3) is 30.7. The Hall–Kier alpha value is 0.210. The van der Waals surface area contributed by atoms with E-state index in [1.165, 1.54) is 25.7 Å². The van der Waals surface area contributed by atoms with E-state index in [4.69, 9.17) is 0 Å². The molecule has 0 bridgehead atoms. The Kier molecular flexibility index (Phi) is 61.2. The van der Waals surface area contributed by atoms with E-state index in [2.05, 4.69) is 13.8 Å². The molecule has 0 aliphatic heterocycles. The van der Waals surface area contributed by atoms with Crippen LogP contribution >= 0.6 is 0 Å². The van der Waals surface area contributed by atoms with Crippen LogP contribution in [0, 0.1) is 0 Å². The van der Waals surface area contributed by atoms with Gasteiger partial charge in [-0.15, -0.1) is 0 Å². The molecule has 0 aromatic heterocycles. The fourth-order valence-electron chi connectivity index (χ4n) is 0.500. The predicted octanol–water partition coefficient (Wildman–Crippen LogP) is -3.41. The van der Waals surface area contributed by atoms with Crippen molar-refractivity contribution in [3.63, 3.8) is 0 Å². The summed E-state index contributed by atoms with van der Waals surface area (Å²) in [6, 6.07) is 0. The molecule has 0 atom stereocenters. The molecular weight excluding hydrogens is 142 g/mol. The first kappa shape index (κ1) is 22.9. The first-order valence-electron chi connectivity index (χ1n) is 2.91. The van der Waals surface area contributed by atoms with E-state index in [0.29, 0.717) is 0 Å². The number of rotatable bonds is 3. The van der Waals surface area contributed by atoms with Gasteiger partial charge in [-0.05, 0) is 0 Å². The Morgan fingerprint density at radius 1 is 0.778 bits per heavy atom. The zero-order valence-electron chi connectivity index (χ0n) is 5.99. The highest BCUT2D eigenvalue weighted by Gasteiger charge is 2.00. The van der Waals surface area contributed by atoms with Crippen LogP contribution in [-0.2, 0) is 13.5 Å². The molecule has 3 heteroatoms. The fraction of sp³-hybridized carbons (Fsp3) is 1.00. The zero-order chi connectivity index (χ0) is 4.83. The maximum absolute atomic E-state index is 2.23. The van der Waals surface area contributed by atoms with E-state index in [1.54, 1.807) is 0 Å². The van der Waals surface area contributed by atoms with Crippen LogP contribution in [-0.4, -0.2) is 0 Å². The van der Waals surface area contributed by atoms with Gasteiger partial charge in [0.1, 0.15) is 0 Å². The summed E-state index contributed by atoms with van der Waals surface area (Å²) in [5, 5.41) is 0. The van der Waals surface area contributed by atoms with E-state index in [1.807, 2.05) is 0 Å². The second kappa shape index (κ2) is 24.1. The van der Waals surface area contributed by atoms with Crippen LogP contribution < -0.4 is 9.41 Å². The first-order valence-corrected chi connectivity index (χ1v) is 2.91. The van der Waals surface area contributed by atoms with Gasteiger partial charge < -0.3 is 9.41 Å². The lowest BCUT2D eigenvalue weighted by molar-refractivity contribution is -0.00100. The highest BCUT2D eigenvalue weighted by atomic mass is 32.1. The Balaban J connectivity index is -0.0000000417. The summed E-state index contributed by atoms with van der Waals surface area (Å²) in [4.78, 5) is 0. The molecule has 0 aromatic carbocycles. The van der Waals surface area contributed by atoms with Crippen LogP contribution in [0.1, 0.15) is 39.5 Å². The SMILES string of the molecule is CCCCCC.[F-].[F-].[S+2]. The van der Waals surface area contributed by atoms with Crippen LogP contribution in [0.15, 0.2) is 0 Å². The largest absolute Gasteiger partial charge is 2.00 e. The van der Waals surface area contributed by atoms with Gasteiger partial charge in [0.2, 0.25) is 0 Å². The van der Waals surface area contributed by atoms with Gasteiger partial charge in [-0.3, -0.25) is 0 Å². The number of hydrogen-bond acceptors (Lipinski definition) is 0. The van der Waals surface area contributed by atoms with Crippen LogP contribution in [0.3, 0.4) is 0 Å². The van der Waals surface area contributed by atoms with Crippen molar-refractivity contribution >= 4 is 13.5 Å². The van der Waals surface area contributed by atoms with E-state index in [-0.39, 0.29) is 22.9 Å². The van der Waals surface area contributed by atoms with Gasteiger partial charge in [0.15, 0.2) is 0 Å². The third-order valence-electron chi connectivity index (χ3n) is 0.957. The maximum atomic E-state index is 2.23. The lowest BCUT2D eigenvalue weighted by Crippen LogP contribution is -3.00. The summed E-state index contributed by atoms with van der Waals surface area (Å²) in [5.41, 5.74) is 0. The van der Waals surface area contributed by atoms with Gasteiger partial charge in [-0.2, -0.15) is 0 Å². The Morgan fingerprint density at radius 2 is 1.00 bits per heavy atom. The third-order valence-corrected chi connectivity index (χ3v) is 0.957. The molecule has 0 heterocycles. The number of unbranched alkanes of at least 4 members (excludes halogenated alkanes) is 3. The van der Waals surface area contributed by atoms with Crippen LogP contribution in [0.2, 0.25) is 0 Å². The van der Waals surface area contributed by atoms with Gasteiger partial charge in [-0.25, -0.2) is 0 Å². The van der Waals surface area contributed by atoms with E-state index >= 15 is 0 Å². The second-order valence-electron chi connectivity index (χ2n) is 1.71. The first-order chi connectivity index (χ1) is 2.91. The summed E-state index contributed by atoms with van der Waals surface area (Å²) in [6.45, 7) is 4.46. The van der Waals surface area contributed by atoms with Crippen LogP contribution in [0.4, 0.5) is 0 Å². The molecule has 0 saturated heterocycles. The summed E-state index contributed by atoms with van der Waals surface area (Å²) >= 11 is 0. The average molecular weight is 156 g/mol. The highest BCUT2D eigenvalue weighted by Crippen LogP contribution is 1.95. The molecule has 0 aromatic rings. The molecule has 0 aliphatic rings. The molecule has 0 fully saturated rings. The summed E-state index contributed by atoms with van der Waals surface area (Å²) < 4.78 is 0. The van der Waals surface area contributed by atoms with Crippen molar-refractivity contribution in [2.45, 2.75) is 39.5 Å². The van der Waals surface area contributed by atoms with Gasteiger partial charge >= 0.3 is 13.5 Å². The van der Waals surface area contributed by atoms with Gasteiger partial charge in [-0.1, -0.05) is 39.5 Å².